The first-order chi connectivity index (χ1) is 9.56. The molecular formula is C14H15N3O3. The molecule has 20 heavy (non-hydrogen) atoms. The predicted octanol–water partition coefficient (Wildman–Crippen LogP) is 2.71. The predicted molar refractivity (Wildman–Crippen MR) is 74.5 cm³/mol. The van der Waals surface area contributed by atoms with Gasteiger partial charge in [-0.05, 0) is 26.0 Å². The molecule has 0 fully saturated rings. The number of nitrogens with zero attached hydrogens (tertiary/aromatic N) is 2. The summed E-state index contributed by atoms with van der Waals surface area (Å²) in [6.07, 6.45) is 1.25. The van der Waals surface area contributed by atoms with E-state index >= 15 is 0 Å². The zero-order valence-electron chi connectivity index (χ0n) is 11.2. The normalized spacial score (nSPS) is 10.3. The summed E-state index contributed by atoms with van der Waals surface area (Å²) in [6, 6.07) is 8.76. The van der Waals surface area contributed by atoms with Crippen molar-refractivity contribution >= 4 is 17.5 Å². The minimum atomic E-state index is -1.10. The van der Waals surface area contributed by atoms with Gasteiger partial charge in [0.15, 0.2) is 5.69 Å². The Morgan fingerprint density at radius 3 is 2.75 bits per heavy atom. The number of benzene rings is 1. The number of para-hydroxylation sites is 2. The molecule has 0 radical (unpaired) electrons. The largest absolute Gasteiger partial charge is 0.489 e. The third-order valence-corrected chi connectivity index (χ3v) is 2.40. The van der Waals surface area contributed by atoms with Crippen LogP contribution in [0.4, 0.5) is 11.5 Å². The summed E-state index contributed by atoms with van der Waals surface area (Å²) < 4.78 is 5.67. The number of rotatable bonds is 5. The standard InChI is InChI=1S/C14H15N3O3/c1-9(2)20-12-6-4-3-5-10(12)17-13-7-11(14(18)19)15-8-16-13/h3-9H,1-2H3,(H,18,19)(H,15,16,17). The van der Waals surface area contributed by atoms with Crippen molar-refractivity contribution in [3.8, 4) is 5.75 Å². The second-order valence-electron chi connectivity index (χ2n) is 4.38. The van der Waals surface area contributed by atoms with Crippen LogP contribution in [-0.4, -0.2) is 27.1 Å². The number of ether oxygens (including phenoxy) is 1. The fourth-order valence-corrected chi connectivity index (χ4v) is 1.61. The second kappa shape index (κ2) is 6.01. The van der Waals surface area contributed by atoms with Crippen molar-refractivity contribution in [2.24, 2.45) is 0 Å². The highest BCUT2D eigenvalue weighted by Crippen LogP contribution is 2.27. The van der Waals surface area contributed by atoms with Crippen molar-refractivity contribution in [1.82, 2.24) is 9.97 Å². The molecule has 0 saturated carbocycles. The smallest absolute Gasteiger partial charge is 0.354 e. The molecule has 6 nitrogen and oxygen atoms in total. The number of anilines is 2. The Labute approximate surface area is 116 Å². The molecule has 1 aromatic heterocycles. The minimum Gasteiger partial charge on any atom is -0.489 e. The van der Waals surface area contributed by atoms with E-state index in [1.54, 1.807) is 0 Å². The number of aromatic carboxylic acids is 1. The molecule has 0 atom stereocenters. The Morgan fingerprint density at radius 2 is 2.05 bits per heavy atom. The summed E-state index contributed by atoms with van der Waals surface area (Å²) in [5.74, 6) is -0.0163. The zero-order chi connectivity index (χ0) is 14.5. The molecule has 1 aromatic carbocycles. The number of carboxylic acids is 1. The monoisotopic (exact) mass is 273 g/mol. The highest BCUT2D eigenvalue weighted by atomic mass is 16.5. The van der Waals surface area contributed by atoms with E-state index in [9.17, 15) is 4.79 Å². The van der Waals surface area contributed by atoms with Gasteiger partial charge in [0, 0.05) is 6.07 Å². The van der Waals surface area contributed by atoms with Crippen LogP contribution >= 0.6 is 0 Å². The average molecular weight is 273 g/mol. The van der Waals surface area contributed by atoms with Crippen molar-refractivity contribution in [2.45, 2.75) is 20.0 Å². The van der Waals surface area contributed by atoms with Crippen molar-refractivity contribution in [1.29, 1.82) is 0 Å². The van der Waals surface area contributed by atoms with Gasteiger partial charge >= 0.3 is 5.97 Å². The fraction of sp³-hybridized carbons (Fsp3) is 0.214. The van der Waals surface area contributed by atoms with E-state index in [0.29, 0.717) is 11.6 Å². The summed E-state index contributed by atoms with van der Waals surface area (Å²) in [4.78, 5) is 18.5. The highest BCUT2D eigenvalue weighted by Gasteiger charge is 2.09. The maximum Gasteiger partial charge on any atom is 0.354 e. The van der Waals surface area contributed by atoms with Gasteiger partial charge in [-0.2, -0.15) is 0 Å². The summed E-state index contributed by atoms with van der Waals surface area (Å²) in [5.41, 5.74) is 0.654. The van der Waals surface area contributed by atoms with Gasteiger partial charge in [-0.15, -0.1) is 0 Å². The average Bonchev–Trinajstić information content (AvgIpc) is 2.41. The van der Waals surface area contributed by atoms with Gasteiger partial charge in [-0.25, -0.2) is 14.8 Å². The molecule has 0 saturated heterocycles. The number of carboxylic acid groups (broad SMARTS) is 1. The van der Waals surface area contributed by atoms with Crippen LogP contribution in [0.1, 0.15) is 24.3 Å². The molecule has 0 unspecified atom stereocenters. The minimum absolute atomic E-state index is 0.0397. The van der Waals surface area contributed by atoms with Gasteiger partial charge in [0.2, 0.25) is 0 Å². The van der Waals surface area contributed by atoms with Gasteiger partial charge in [0.05, 0.1) is 11.8 Å². The van der Waals surface area contributed by atoms with Crippen LogP contribution in [0.3, 0.4) is 0 Å². The second-order valence-corrected chi connectivity index (χ2v) is 4.38. The van der Waals surface area contributed by atoms with Crippen molar-refractivity contribution < 1.29 is 14.6 Å². The van der Waals surface area contributed by atoms with Crippen LogP contribution in [-0.2, 0) is 0 Å². The Morgan fingerprint density at radius 1 is 1.30 bits per heavy atom. The summed E-state index contributed by atoms with van der Waals surface area (Å²) in [5, 5.41) is 11.9. The number of nitrogens with one attached hydrogen (secondary N) is 1. The Balaban J connectivity index is 2.25. The first-order valence-electron chi connectivity index (χ1n) is 6.14. The molecule has 0 amide bonds. The number of hydrogen-bond donors (Lipinski definition) is 2. The van der Waals surface area contributed by atoms with Crippen LogP contribution in [0.15, 0.2) is 36.7 Å². The quantitative estimate of drug-likeness (QED) is 0.871. The van der Waals surface area contributed by atoms with Crippen LogP contribution in [0, 0.1) is 0 Å². The van der Waals surface area contributed by atoms with E-state index in [2.05, 4.69) is 15.3 Å². The lowest BCUT2D eigenvalue weighted by atomic mass is 10.3. The van der Waals surface area contributed by atoms with E-state index in [1.165, 1.54) is 12.4 Å². The lowest BCUT2D eigenvalue weighted by Gasteiger charge is -2.15. The molecule has 0 spiro atoms. The molecule has 0 aliphatic heterocycles. The summed E-state index contributed by atoms with van der Waals surface area (Å²) in [6.45, 7) is 3.87. The van der Waals surface area contributed by atoms with E-state index < -0.39 is 5.97 Å². The third kappa shape index (κ3) is 3.44. The SMILES string of the molecule is CC(C)Oc1ccccc1Nc1cc(C(=O)O)ncn1. The molecule has 0 aliphatic rings. The zero-order valence-corrected chi connectivity index (χ0v) is 11.2. The molecular weight excluding hydrogens is 258 g/mol. The van der Waals surface area contributed by atoms with E-state index in [1.807, 2.05) is 38.1 Å². The van der Waals surface area contributed by atoms with Gasteiger partial charge < -0.3 is 15.2 Å². The van der Waals surface area contributed by atoms with Crippen LogP contribution in [0.2, 0.25) is 0 Å². The van der Waals surface area contributed by atoms with Gasteiger partial charge in [-0.1, -0.05) is 12.1 Å². The molecule has 104 valence electrons. The molecule has 2 aromatic rings. The van der Waals surface area contributed by atoms with Crippen LogP contribution in [0.25, 0.3) is 0 Å². The number of carbonyl (C=O) groups is 1. The van der Waals surface area contributed by atoms with Crippen molar-refractivity contribution in [3.63, 3.8) is 0 Å². The fourth-order valence-electron chi connectivity index (χ4n) is 1.61. The maximum atomic E-state index is 10.9. The van der Waals surface area contributed by atoms with Gasteiger partial charge in [0.1, 0.15) is 17.9 Å². The van der Waals surface area contributed by atoms with Crippen molar-refractivity contribution in [2.75, 3.05) is 5.32 Å². The van der Waals surface area contributed by atoms with Gasteiger partial charge in [0.25, 0.3) is 0 Å². The third-order valence-electron chi connectivity index (χ3n) is 2.40. The highest BCUT2D eigenvalue weighted by molar-refractivity contribution is 5.86. The lowest BCUT2D eigenvalue weighted by molar-refractivity contribution is 0.0690. The lowest BCUT2D eigenvalue weighted by Crippen LogP contribution is -2.08. The summed E-state index contributed by atoms with van der Waals surface area (Å²) in [7, 11) is 0. The van der Waals surface area contributed by atoms with Crippen molar-refractivity contribution in [3.05, 3.63) is 42.4 Å². The molecule has 0 bridgehead atoms. The number of aromatic nitrogens is 2. The molecule has 1 heterocycles. The number of hydrogen-bond acceptors (Lipinski definition) is 5. The maximum absolute atomic E-state index is 10.9. The van der Waals surface area contributed by atoms with E-state index in [0.717, 1.165) is 5.69 Å². The van der Waals surface area contributed by atoms with Crippen LogP contribution in [0.5, 0.6) is 5.75 Å². The molecule has 2 rings (SSSR count). The first kappa shape index (κ1) is 13.8. The topological polar surface area (TPSA) is 84.3 Å². The van der Waals surface area contributed by atoms with E-state index in [-0.39, 0.29) is 11.8 Å². The Kier molecular flexibility index (Phi) is 4.14. The Bertz CT molecular complexity index is 614. The Hall–Kier alpha value is -2.63. The molecule has 6 heteroatoms. The molecule has 0 aliphatic carbocycles. The van der Waals surface area contributed by atoms with Gasteiger partial charge in [-0.3, -0.25) is 0 Å². The first-order valence-corrected chi connectivity index (χ1v) is 6.14. The summed E-state index contributed by atoms with van der Waals surface area (Å²) >= 11 is 0. The molecule has 2 N–H and O–H groups in total. The van der Waals surface area contributed by atoms with E-state index in [4.69, 9.17) is 9.84 Å². The van der Waals surface area contributed by atoms with Crippen LogP contribution < -0.4 is 10.1 Å².